The number of carbonyl (C=O) groups is 1. The number of benzene rings is 1. The molecule has 1 N–H and O–H groups in total. The van der Waals surface area contributed by atoms with Gasteiger partial charge in [0.2, 0.25) is 0 Å². The van der Waals surface area contributed by atoms with Crippen LogP contribution in [0.4, 0.5) is 11.4 Å². The Morgan fingerprint density at radius 3 is 2.70 bits per heavy atom. The number of nitrogens with zero attached hydrogens (tertiary/aromatic N) is 2. The monoisotopic (exact) mass is 297 g/mol. The van der Waals surface area contributed by atoms with Crippen molar-refractivity contribution in [1.82, 2.24) is 4.90 Å². The van der Waals surface area contributed by atoms with Crippen molar-refractivity contribution in [2.24, 2.45) is 0 Å². The van der Waals surface area contributed by atoms with Crippen LogP contribution in [0.15, 0.2) is 18.2 Å². The summed E-state index contributed by atoms with van der Waals surface area (Å²) in [6.45, 7) is 1.92. The molecule has 110 valence electrons. The molecule has 20 heavy (non-hydrogen) atoms. The molecule has 0 bridgehead atoms. The Balaban J connectivity index is 3.19. The summed E-state index contributed by atoms with van der Waals surface area (Å²) in [5.41, 5.74) is 0.271. The van der Waals surface area contributed by atoms with Gasteiger partial charge in [-0.25, -0.2) is 0 Å². The zero-order valence-corrected chi connectivity index (χ0v) is 12.9. The number of para-hydroxylation sites is 1. The Morgan fingerprint density at radius 2 is 2.20 bits per heavy atom. The van der Waals surface area contributed by atoms with E-state index in [9.17, 15) is 14.9 Å². The summed E-state index contributed by atoms with van der Waals surface area (Å²) in [6.07, 6.45) is 1.96. The normalized spacial score (nSPS) is 11.8. The molecule has 0 aliphatic heterocycles. The molecule has 0 spiro atoms. The lowest BCUT2D eigenvalue weighted by Gasteiger charge is -2.24. The lowest BCUT2D eigenvalue weighted by molar-refractivity contribution is -0.384. The summed E-state index contributed by atoms with van der Waals surface area (Å²) in [5, 5.41) is 14.0. The van der Waals surface area contributed by atoms with Crippen molar-refractivity contribution in [3.8, 4) is 0 Å². The van der Waals surface area contributed by atoms with Gasteiger partial charge in [-0.15, -0.1) is 0 Å². The van der Waals surface area contributed by atoms with Crippen LogP contribution in [-0.2, 0) is 0 Å². The zero-order chi connectivity index (χ0) is 15.3. The largest absolute Gasteiger partial charge is 0.383 e. The molecule has 7 heteroatoms. The average Bonchev–Trinajstić information content (AvgIpc) is 2.44. The van der Waals surface area contributed by atoms with E-state index in [0.717, 1.165) is 5.75 Å². The van der Waals surface area contributed by atoms with Gasteiger partial charge in [0.1, 0.15) is 11.3 Å². The highest BCUT2D eigenvalue weighted by molar-refractivity contribution is 7.98. The lowest BCUT2D eigenvalue weighted by Crippen LogP contribution is -2.37. The molecule has 1 amide bonds. The number of nitro benzene ring substituents is 1. The molecule has 6 nitrogen and oxygen atoms in total. The molecule has 0 aliphatic carbocycles. The molecule has 1 atom stereocenters. The van der Waals surface area contributed by atoms with Crippen molar-refractivity contribution in [2.45, 2.75) is 13.0 Å². The zero-order valence-electron chi connectivity index (χ0n) is 12.0. The number of nitrogens with one attached hydrogen (secondary N) is 1. The van der Waals surface area contributed by atoms with Crippen LogP contribution in [0.3, 0.4) is 0 Å². The van der Waals surface area contributed by atoms with E-state index in [2.05, 4.69) is 5.32 Å². The number of hydrogen-bond acceptors (Lipinski definition) is 5. The fraction of sp³-hybridized carbons (Fsp3) is 0.462. The summed E-state index contributed by atoms with van der Waals surface area (Å²) in [4.78, 5) is 24.7. The Bertz CT molecular complexity index is 508. The predicted molar refractivity (Wildman–Crippen MR) is 82.6 cm³/mol. The Morgan fingerprint density at radius 1 is 1.55 bits per heavy atom. The molecule has 0 saturated heterocycles. The van der Waals surface area contributed by atoms with Gasteiger partial charge in [-0.2, -0.15) is 11.8 Å². The van der Waals surface area contributed by atoms with Crippen molar-refractivity contribution >= 4 is 29.0 Å². The highest BCUT2D eigenvalue weighted by Gasteiger charge is 2.27. The molecule has 1 aromatic rings. The first kappa shape index (κ1) is 16.3. The topological polar surface area (TPSA) is 75.5 Å². The maximum Gasteiger partial charge on any atom is 0.305 e. The smallest absolute Gasteiger partial charge is 0.305 e. The van der Waals surface area contributed by atoms with Gasteiger partial charge in [0, 0.05) is 25.9 Å². The van der Waals surface area contributed by atoms with Crippen molar-refractivity contribution in [2.75, 3.05) is 31.4 Å². The molecule has 1 aromatic carbocycles. The van der Waals surface area contributed by atoms with E-state index >= 15 is 0 Å². The van der Waals surface area contributed by atoms with Gasteiger partial charge < -0.3 is 10.2 Å². The standard InChI is InChI=1S/C13H19N3O3S/c1-9(8-20-4)15(3)13(17)10-6-5-7-11(14-2)12(10)16(18)19/h5-7,9,14H,8H2,1-4H3. The third kappa shape index (κ3) is 3.41. The van der Waals surface area contributed by atoms with Crippen molar-refractivity contribution < 1.29 is 9.72 Å². The van der Waals surface area contributed by atoms with Crippen LogP contribution < -0.4 is 5.32 Å². The summed E-state index contributed by atoms with van der Waals surface area (Å²) in [7, 11) is 3.26. The van der Waals surface area contributed by atoms with E-state index < -0.39 is 4.92 Å². The first-order valence-electron chi connectivity index (χ1n) is 6.15. The van der Waals surface area contributed by atoms with Gasteiger partial charge in [-0.05, 0) is 25.3 Å². The van der Waals surface area contributed by atoms with Crippen molar-refractivity contribution in [3.05, 3.63) is 33.9 Å². The van der Waals surface area contributed by atoms with E-state index in [1.807, 2.05) is 13.2 Å². The molecule has 0 aromatic heterocycles. The third-order valence-corrected chi connectivity index (χ3v) is 3.92. The molecule has 0 heterocycles. The van der Waals surface area contributed by atoms with Crippen LogP contribution in [0, 0.1) is 10.1 Å². The number of thioether (sulfide) groups is 1. The summed E-state index contributed by atoms with van der Waals surface area (Å²) < 4.78 is 0. The van der Waals surface area contributed by atoms with E-state index in [1.165, 1.54) is 11.0 Å². The molecule has 0 fully saturated rings. The van der Waals surface area contributed by atoms with Gasteiger partial charge in [-0.1, -0.05) is 6.07 Å². The highest BCUT2D eigenvalue weighted by Crippen LogP contribution is 2.29. The van der Waals surface area contributed by atoms with Crippen LogP contribution in [0.5, 0.6) is 0 Å². The fourth-order valence-corrected chi connectivity index (χ4v) is 2.56. The van der Waals surface area contributed by atoms with Gasteiger partial charge in [0.25, 0.3) is 5.91 Å². The number of anilines is 1. The lowest BCUT2D eigenvalue weighted by atomic mass is 10.1. The van der Waals surface area contributed by atoms with Gasteiger partial charge >= 0.3 is 5.69 Å². The van der Waals surface area contributed by atoms with Crippen LogP contribution in [0.25, 0.3) is 0 Å². The molecule has 0 aliphatic rings. The molecular weight excluding hydrogens is 278 g/mol. The van der Waals surface area contributed by atoms with E-state index in [4.69, 9.17) is 0 Å². The van der Waals surface area contributed by atoms with Gasteiger partial charge in [-0.3, -0.25) is 14.9 Å². The average molecular weight is 297 g/mol. The molecule has 1 unspecified atom stereocenters. The second kappa shape index (κ2) is 7.14. The highest BCUT2D eigenvalue weighted by atomic mass is 32.2. The SMILES string of the molecule is CNc1cccc(C(=O)N(C)C(C)CSC)c1[N+](=O)[O-]. The summed E-state index contributed by atoms with van der Waals surface area (Å²) in [5.74, 6) is 0.442. The maximum absolute atomic E-state index is 12.4. The number of carbonyl (C=O) groups excluding carboxylic acids is 1. The second-order valence-corrected chi connectivity index (χ2v) is 5.34. The number of nitro groups is 1. The maximum atomic E-state index is 12.4. The van der Waals surface area contributed by atoms with E-state index in [0.29, 0.717) is 5.69 Å². The van der Waals surface area contributed by atoms with Crippen LogP contribution >= 0.6 is 11.8 Å². The minimum atomic E-state index is -0.522. The van der Waals surface area contributed by atoms with Gasteiger partial charge in [0.15, 0.2) is 0 Å². The minimum absolute atomic E-state index is 0.00958. The van der Waals surface area contributed by atoms with E-state index in [-0.39, 0.29) is 23.2 Å². The third-order valence-electron chi connectivity index (χ3n) is 3.11. The number of amides is 1. The minimum Gasteiger partial charge on any atom is -0.383 e. The molecule has 0 saturated carbocycles. The predicted octanol–water partition coefficient (Wildman–Crippen LogP) is 2.46. The molecular formula is C13H19N3O3S. The summed E-state index contributed by atoms with van der Waals surface area (Å²) in [6, 6.07) is 4.72. The second-order valence-electron chi connectivity index (χ2n) is 4.43. The Kier molecular flexibility index (Phi) is 5.82. The number of rotatable bonds is 6. The Labute approximate surface area is 122 Å². The molecule has 0 radical (unpaired) electrons. The van der Waals surface area contributed by atoms with Gasteiger partial charge in [0.05, 0.1) is 4.92 Å². The quantitative estimate of drug-likeness (QED) is 0.645. The van der Waals surface area contributed by atoms with Crippen LogP contribution in [0.1, 0.15) is 17.3 Å². The van der Waals surface area contributed by atoms with E-state index in [1.54, 1.807) is 38.0 Å². The van der Waals surface area contributed by atoms with Crippen molar-refractivity contribution in [3.63, 3.8) is 0 Å². The first-order valence-corrected chi connectivity index (χ1v) is 7.54. The first-order chi connectivity index (χ1) is 9.43. The van der Waals surface area contributed by atoms with Crippen LogP contribution in [-0.4, -0.2) is 47.9 Å². The van der Waals surface area contributed by atoms with Crippen LogP contribution in [0.2, 0.25) is 0 Å². The molecule has 1 rings (SSSR count). The number of hydrogen-bond donors (Lipinski definition) is 1. The summed E-state index contributed by atoms with van der Waals surface area (Å²) >= 11 is 1.63. The van der Waals surface area contributed by atoms with Crippen molar-refractivity contribution in [1.29, 1.82) is 0 Å². The fourth-order valence-electron chi connectivity index (χ4n) is 1.86. The Hall–Kier alpha value is -1.76.